The molecule has 0 spiro atoms. The topological polar surface area (TPSA) is 84.3 Å². The van der Waals surface area contributed by atoms with Gasteiger partial charge in [0.15, 0.2) is 0 Å². The van der Waals surface area contributed by atoms with E-state index in [1.54, 1.807) is 42.6 Å². The Kier molecular flexibility index (Phi) is 5.81. The fourth-order valence-electron chi connectivity index (χ4n) is 3.25. The summed E-state index contributed by atoms with van der Waals surface area (Å²) in [4.78, 5) is 38.6. The van der Waals surface area contributed by atoms with E-state index in [9.17, 15) is 23.2 Å². The second kappa shape index (κ2) is 8.68. The van der Waals surface area contributed by atoms with Gasteiger partial charge >= 0.3 is 0 Å². The Labute approximate surface area is 180 Å². The number of amides is 3. The van der Waals surface area contributed by atoms with Gasteiger partial charge in [-0.15, -0.1) is 0 Å². The first kappa shape index (κ1) is 20.7. The molecule has 1 N–H and O–H groups in total. The molecule has 1 aromatic heterocycles. The van der Waals surface area contributed by atoms with Gasteiger partial charge in [-0.2, -0.15) is 13.9 Å². The number of hydrogen-bond donors (Lipinski definition) is 1. The van der Waals surface area contributed by atoms with Crippen molar-refractivity contribution in [1.29, 1.82) is 0 Å². The summed E-state index contributed by atoms with van der Waals surface area (Å²) in [7, 11) is 0. The molecule has 0 unspecified atom stereocenters. The zero-order valence-electron chi connectivity index (χ0n) is 16.0. The Bertz CT molecular complexity index is 1130. The normalized spacial score (nSPS) is 13.1. The van der Waals surface area contributed by atoms with Gasteiger partial charge in [0.1, 0.15) is 0 Å². The van der Waals surface area contributed by atoms with E-state index in [0.717, 1.165) is 4.90 Å². The molecule has 3 aromatic rings. The van der Waals surface area contributed by atoms with Crippen molar-refractivity contribution in [1.82, 2.24) is 14.7 Å². The molecule has 0 fully saturated rings. The van der Waals surface area contributed by atoms with Crippen LogP contribution in [0.2, 0.25) is 0 Å². The van der Waals surface area contributed by atoms with Crippen molar-refractivity contribution in [2.75, 3.05) is 11.9 Å². The van der Waals surface area contributed by atoms with Crippen LogP contribution in [0.4, 0.5) is 14.5 Å². The lowest BCUT2D eigenvalue weighted by molar-refractivity contribution is 0.0647. The minimum absolute atomic E-state index is 0.120. The van der Waals surface area contributed by atoms with Gasteiger partial charge in [-0.25, -0.2) is 0 Å². The van der Waals surface area contributed by atoms with Crippen molar-refractivity contribution in [3.05, 3.63) is 77.6 Å². The molecular formula is C21H16F2N4O3S. The van der Waals surface area contributed by atoms with Crippen molar-refractivity contribution < 1.29 is 23.2 Å². The van der Waals surface area contributed by atoms with Crippen molar-refractivity contribution in [3.63, 3.8) is 0 Å². The number of nitrogens with one attached hydrogen (secondary N) is 1. The average Bonchev–Trinajstić information content (AvgIpc) is 3.29. The first-order chi connectivity index (χ1) is 14.9. The van der Waals surface area contributed by atoms with Crippen molar-refractivity contribution >= 4 is 35.2 Å². The molecule has 7 nitrogen and oxygen atoms in total. The van der Waals surface area contributed by atoms with Gasteiger partial charge in [0.05, 0.1) is 35.1 Å². The lowest BCUT2D eigenvalue weighted by Gasteiger charge is -2.13. The maximum Gasteiger partial charge on any atom is 0.288 e. The number of anilines is 1. The third kappa shape index (κ3) is 4.33. The highest BCUT2D eigenvalue weighted by molar-refractivity contribution is 7.99. The summed E-state index contributed by atoms with van der Waals surface area (Å²) >= 11 is 0.302. The van der Waals surface area contributed by atoms with Crippen molar-refractivity contribution in [2.45, 2.75) is 17.2 Å². The summed E-state index contributed by atoms with van der Waals surface area (Å²) in [6.45, 7) is 0.356. The Hall–Kier alpha value is -3.53. The van der Waals surface area contributed by atoms with Crippen LogP contribution in [0.3, 0.4) is 0 Å². The largest absolute Gasteiger partial charge is 0.319 e. The predicted octanol–water partition coefficient (Wildman–Crippen LogP) is 3.75. The Morgan fingerprint density at radius 2 is 1.65 bits per heavy atom. The number of halogens is 2. The Balaban J connectivity index is 1.39. The summed E-state index contributed by atoms with van der Waals surface area (Å²) < 4.78 is 26.9. The van der Waals surface area contributed by atoms with Gasteiger partial charge in [0.2, 0.25) is 0 Å². The van der Waals surface area contributed by atoms with E-state index in [-0.39, 0.29) is 35.4 Å². The minimum Gasteiger partial charge on any atom is -0.319 e. The average molecular weight is 442 g/mol. The van der Waals surface area contributed by atoms with E-state index in [2.05, 4.69) is 10.4 Å². The van der Waals surface area contributed by atoms with Crippen molar-refractivity contribution in [3.8, 4) is 0 Å². The number of carbonyl (C=O) groups is 3. The van der Waals surface area contributed by atoms with Crippen LogP contribution in [0.25, 0.3) is 0 Å². The number of aromatic nitrogens is 2. The van der Waals surface area contributed by atoms with Gasteiger partial charge < -0.3 is 5.32 Å². The van der Waals surface area contributed by atoms with Crippen LogP contribution >= 0.6 is 11.8 Å². The maximum absolute atomic E-state index is 12.7. The van der Waals surface area contributed by atoms with Gasteiger partial charge in [0.25, 0.3) is 23.5 Å². The van der Waals surface area contributed by atoms with Crippen LogP contribution in [0.1, 0.15) is 31.1 Å². The SMILES string of the molecule is O=C(Nc1cnn(CCN2C(=O)c3ccccc3C2=O)c1)c1ccccc1SC(F)F. The number of alkyl halides is 2. The van der Waals surface area contributed by atoms with E-state index in [4.69, 9.17) is 0 Å². The zero-order chi connectivity index (χ0) is 22.0. The molecule has 0 bridgehead atoms. The number of carbonyl (C=O) groups excluding carboxylic acids is 3. The first-order valence-corrected chi connectivity index (χ1v) is 10.1. The van der Waals surface area contributed by atoms with E-state index in [1.807, 2.05) is 0 Å². The van der Waals surface area contributed by atoms with E-state index in [0.29, 0.717) is 28.6 Å². The van der Waals surface area contributed by atoms with Crippen LogP contribution in [-0.2, 0) is 6.54 Å². The fourth-order valence-corrected chi connectivity index (χ4v) is 3.88. The number of fused-ring (bicyclic) bond motifs is 1. The quantitative estimate of drug-likeness (QED) is 0.445. The van der Waals surface area contributed by atoms with Gasteiger partial charge in [-0.1, -0.05) is 36.0 Å². The molecule has 0 atom stereocenters. The fraction of sp³-hybridized carbons (Fsp3) is 0.143. The molecule has 0 aliphatic carbocycles. The molecule has 10 heteroatoms. The monoisotopic (exact) mass is 442 g/mol. The molecule has 0 saturated carbocycles. The molecule has 3 amide bonds. The van der Waals surface area contributed by atoms with Gasteiger partial charge in [0, 0.05) is 17.6 Å². The number of rotatable bonds is 7. The van der Waals surface area contributed by atoms with E-state index >= 15 is 0 Å². The lowest BCUT2D eigenvalue weighted by Crippen LogP contribution is -2.33. The molecule has 0 saturated heterocycles. The molecular weight excluding hydrogens is 426 g/mol. The molecule has 0 radical (unpaired) electrons. The summed E-state index contributed by atoms with van der Waals surface area (Å²) in [6, 6.07) is 12.7. The molecule has 1 aliphatic heterocycles. The first-order valence-electron chi connectivity index (χ1n) is 9.27. The third-order valence-corrected chi connectivity index (χ3v) is 5.46. The molecule has 2 aromatic carbocycles. The zero-order valence-corrected chi connectivity index (χ0v) is 16.8. The highest BCUT2D eigenvalue weighted by atomic mass is 32.2. The second-order valence-electron chi connectivity index (χ2n) is 6.63. The van der Waals surface area contributed by atoms with Crippen LogP contribution in [-0.4, -0.2) is 44.7 Å². The van der Waals surface area contributed by atoms with E-state index < -0.39 is 11.7 Å². The summed E-state index contributed by atoms with van der Waals surface area (Å²) in [5.74, 6) is -3.88. The van der Waals surface area contributed by atoms with Gasteiger partial charge in [-0.3, -0.25) is 24.0 Å². The molecule has 158 valence electrons. The second-order valence-corrected chi connectivity index (χ2v) is 7.66. The van der Waals surface area contributed by atoms with E-state index in [1.165, 1.54) is 23.0 Å². The Morgan fingerprint density at radius 1 is 1.00 bits per heavy atom. The lowest BCUT2D eigenvalue weighted by atomic mass is 10.1. The minimum atomic E-state index is -2.64. The number of imide groups is 1. The van der Waals surface area contributed by atoms with Crippen LogP contribution in [0.15, 0.2) is 65.8 Å². The van der Waals surface area contributed by atoms with Crippen molar-refractivity contribution in [2.24, 2.45) is 0 Å². The number of benzene rings is 2. The van der Waals surface area contributed by atoms with Gasteiger partial charge in [-0.05, 0) is 24.3 Å². The van der Waals surface area contributed by atoms with Crippen LogP contribution in [0, 0.1) is 0 Å². The molecule has 4 rings (SSSR count). The smallest absolute Gasteiger partial charge is 0.288 e. The number of thioether (sulfide) groups is 1. The molecule has 2 heterocycles. The van der Waals surface area contributed by atoms with Crippen LogP contribution < -0.4 is 5.32 Å². The Morgan fingerprint density at radius 3 is 2.32 bits per heavy atom. The highest BCUT2D eigenvalue weighted by Gasteiger charge is 2.34. The molecule has 31 heavy (non-hydrogen) atoms. The third-order valence-electron chi connectivity index (χ3n) is 4.67. The predicted molar refractivity (Wildman–Crippen MR) is 110 cm³/mol. The van der Waals surface area contributed by atoms with Crippen LogP contribution in [0.5, 0.6) is 0 Å². The maximum atomic E-state index is 12.7. The number of hydrogen-bond acceptors (Lipinski definition) is 5. The standard InChI is InChI=1S/C21H16F2N4O3S/c22-21(23)31-17-8-4-3-7-16(17)18(28)25-13-11-24-26(12-13)9-10-27-19(29)14-5-1-2-6-15(14)20(27)30/h1-8,11-12,21H,9-10H2,(H,25,28). The summed E-state index contributed by atoms with van der Waals surface area (Å²) in [5.41, 5.74) is 1.25. The summed E-state index contributed by atoms with van der Waals surface area (Å²) in [5, 5.41) is 6.75. The molecule has 1 aliphatic rings. The highest BCUT2D eigenvalue weighted by Crippen LogP contribution is 2.29. The summed E-state index contributed by atoms with van der Waals surface area (Å²) in [6.07, 6.45) is 2.95. The number of nitrogens with zero attached hydrogens (tertiary/aromatic N) is 3.